The van der Waals surface area contributed by atoms with E-state index in [1.165, 1.54) is 12.7 Å². The largest absolute Gasteiger partial charge is 0.493 e. The summed E-state index contributed by atoms with van der Waals surface area (Å²) in [4.78, 5) is 11.3. The summed E-state index contributed by atoms with van der Waals surface area (Å²) in [7, 11) is 1.37. The molecule has 0 fully saturated rings. The first kappa shape index (κ1) is 13.1. The van der Waals surface area contributed by atoms with Crippen LogP contribution in [0.1, 0.15) is 15.9 Å². The molecule has 0 aliphatic carbocycles. The number of benzene rings is 2. The van der Waals surface area contributed by atoms with Crippen molar-refractivity contribution in [2.75, 3.05) is 13.7 Å². The Morgan fingerprint density at radius 1 is 1.00 bits per heavy atom. The summed E-state index contributed by atoms with van der Waals surface area (Å²) in [6.45, 7) is 0.613. The maximum absolute atomic E-state index is 11.3. The van der Waals surface area contributed by atoms with E-state index in [2.05, 4.69) is 16.9 Å². The van der Waals surface area contributed by atoms with Crippen LogP contribution in [0.2, 0.25) is 0 Å². The molecular weight excluding hydrogens is 240 g/mol. The minimum atomic E-state index is -0.337. The molecule has 0 aromatic heterocycles. The number of esters is 1. The molecule has 19 heavy (non-hydrogen) atoms. The lowest BCUT2D eigenvalue weighted by Crippen LogP contribution is -2.03. The average molecular weight is 256 g/mol. The smallest absolute Gasteiger partial charge is 0.337 e. The van der Waals surface area contributed by atoms with Crippen LogP contribution in [0.3, 0.4) is 0 Å². The molecule has 3 nitrogen and oxygen atoms in total. The molecule has 0 bridgehead atoms. The third-order valence-electron chi connectivity index (χ3n) is 2.78. The zero-order valence-electron chi connectivity index (χ0n) is 10.8. The minimum absolute atomic E-state index is 0.337. The van der Waals surface area contributed by atoms with Gasteiger partial charge in [-0.05, 0) is 29.8 Å². The van der Waals surface area contributed by atoms with E-state index in [4.69, 9.17) is 4.74 Å². The molecule has 0 saturated heterocycles. The standard InChI is InChI=1S/C16H16O3/c1-18-16(17)14-7-9-15(10-8-14)19-12-11-13-5-3-2-4-6-13/h2-10H,11-12H2,1H3. The zero-order chi connectivity index (χ0) is 13.5. The van der Waals surface area contributed by atoms with Crippen LogP contribution in [0, 0.1) is 0 Å². The highest BCUT2D eigenvalue weighted by Gasteiger charge is 2.04. The van der Waals surface area contributed by atoms with E-state index in [0.717, 1.165) is 12.2 Å². The van der Waals surface area contributed by atoms with Gasteiger partial charge in [0.25, 0.3) is 0 Å². The maximum atomic E-state index is 11.3. The quantitative estimate of drug-likeness (QED) is 0.771. The van der Waals surface area contributed by atoms with Crippen LogP contribution in [0.25, 0.3) is 0 Å². The predicted octanol–water partition coefficient (Wildman–Crippen LogP) is 3.09. The number of hydrogen-bond donors (Lipinski definition) is 0. The van der Waals surface area contributed by atoms with Gasteiger partial charge in [0.2, 0.25) is 0 Å². The van der Waals surface area contributed by atoms with Crippen molar-refractivity contribution in [1.82, 2.24) is 0 Å². The van der Waals surface area contributed by atoms with E-state index >= 15 is 0 Å². The fourth-order valence-corrected chi connectivity index (χ4v) is 1.74. The van der Waals surface area contributed by atoms with E-state index in [0.29, 0.717) is 12.2 Å². The van der Waals surface area contributed by atoms with Crippen molar-refractivity contribution >= 4 is 5.97 Å². The molecule has 2 rings (SSSR count). The van der Waals surface area contributed by atoms with Gasteiger partial charge in [-0.2, -0.15) is 0 Å². The fourth-order valence-electron chi connectivity index (χ4n) is 1.74. The lowest BCUT2D eigenvalue weighted by Gasteiger charge is -2.06. The lowest BCUT2D eigenvalue weighted by molar-refractivity contribution is 0.0600. The van der Waals surface area contributed by atoms with Gasteiger partial charge in [-0.3, -0.25) is 0 Å². The number of hydrogen-bond acceptors (Lipinski definition) is 3. The Morgan fingerprint density at radius 2 is 1.68 bits per heavy atom. The van der Waals surface area contributed by atoms with Crippen molar-refractivity contribution in [2.45, 2.75) is 6.42 Å². The summed E-state index contributed by atoms with van der Waals surface area (Å²) in [5.41, 5.74) is 1.77. The van der Waals surface area contributed by atoms with E-state index < -0.39 is 0 Å². The molecule has 3 heteroatoms. The van der Waals surface area contributed by atoms with Crippen LogP contribution in [0.15, 0.2) is 54.6 Å². The fraction of sp³-hybridized carbons (Fsp3) is 0.188. The molecule has 0 radical (unpaired) electrons. The van der Waals surface area contributed by atoms with Gasteiger partial charge in [-0.25, -0.2) is 4.79 Å². The van der Waals surface area contributed by atoms with Crippen LogP contribution in [-0.4, -0.2) is 19.7 Å². The summed E-state index contributed by atoms with van der Waals surface area (Å²) in [5.74, 6) is 0.416. The molecule has 0 N–H and O–H groups in total. The Kier molecular flexibility index (Phi) is 4.56. The predicted molar refractivity (Wildman–Crippen MR) is 73.4 cm³/mol. The summed E-state index contributed by atoms with van der Waals surface area (Å²) in [5, 5.41) is 0. The second kappa shape index (κ2) is 6.59. The number of methoxy groups -OCH3 is 1. The van der Waals surface area contributed by atoms with Crippen LogP contribution in [0.5, 0.6) is 5.75 Å². The van der Waals surface area contributed by atoms with Gasteiger partial charge in [0.15, 0.2) is 0 Å². The number of carbonyl (C=O) groups is 1. The summed E-state index contributed by atoms with van der Waals surface area (Å²) in [6.07, 6.45) is 0.861. The van der Waals surface area contributed by atoms with Gasteiger partial charge in [0, 0.05) is 6.42 Å². The maximum Gasteiger partial charge on any atom is 0.337 e. The molecule has 0 aliphatic heterocycles. The molecule has 2 aromatic carbocycles. The molecule has 0 atom stereocenters. The van der Waals surface area contributed by atoms with E-state index in [1.807, 2.05) is 18.2 Å². The van der Waals surface area contributed by atoms with Crippen molar-refractivity contribution in [1.29, 1.82) is 0 Å². The third-order valence-corrected chi connectivity index (χ3v) is 2.78. The van der Waals surface area contributed by atoms with Gasteiger partial charge < -0.3 is 9.47 Å². The molecule has 0 spiro atoms. The minimum Gasteiger partial charge on any atom is -0.493 e. The third kappa shape index (κ3) is 3.85. The Hall–Kier alpha value is -2.29. The Bertz CT molecular complexity index is 517. The Labute approximate surface area is 112 Å². The average Bonchev–Trinajstić information content (AvgIpc) is 2.48. The van der Waals surface area contributed by atoms with Crippen molar-refractivity contribution in [3.05, 3.63) is 65.7 Å². The Balaban J connectivity index is 1.85. The van der Waals surface area contributed by atoms with Gasteiger partial charge in [-0.15, -0.1) is 0 Å². The normalized spacial score (nSPS) is 9.95. The first-order valence-electron chi connectivity index (χ1n) is 6.14. The van der Waals surface area contributed by atoms with Gasteiger partial charge in [0.1, 0.15) is 5.75 Å². The SMILES string of the molecule is COC(=O)c1ccc(OCCc2ccccc2)cc1. The zero-order valence-corrected chi connectivity index (χ0v) is 10.8. The van der Waals surface area contributed by atoms with Crippen LogP contribution >= 0.6 is 0 Å². The molecule has 0 unspecified atom stereocenters. The molecule has 2 aromatic rings. The molecule has 98 valence electrons. The highest BCUT2D eigenvalue weighted by molar-refractivity contribution is 5.89. The molecular formula is C16H16O3. The van der Waals surface area contributed by atoms with Gasteiger partial charge in [0.05, 0.1) is 19.3 Å². The first-order chi connectivity index (χ1) is 9.29. The van der Waals surface area contributed by atoms with Crippen molar-refractivity contribution in [3.63, 3.8) is 0 Å². The first-order valence-corrected chi connectivity index (χ1v) is 6.14. The van der Waals surface area contributed by atoms with Crippen molar-refractivity contribution in [2.24, 2.45) is 0 Å². The second-order valence-electron chi connectivity index (χ2n) is 4.10. The molecule has 0 saturated carbocycles. The summed E-state index contributed by atoms with van der Waals surface area (Å²) < 4.78 is 10.3. The van der Waals surface area contributed by atoms with Gasteiger partial charge >= 0.3 is 5.97 Å². The molecule has 0 amide bonds. The monoisotopic (exact) mass is 256 g/mol. The van der Waals surface area contributed by atoms with Crippen molar-refractivity contribution < 1.29 is 14.3 Å². The van der Waals surface area contributed by atoms with E-state index in [-0.39, 0.29) is 5.97 Å². The number of carbonyl (C=O) groups excluding carboxylic acids is 1. The van der Waals surface area contributed by atoms with Crippen LogP contribution in [-0.2, 0) is 11.2 Å². The van der Waals surface area contributed by atoms with E-state index in [1.54, 1.807) is 24.3 Å². The summed E-state index contributed by atoms with van der Waals surface area (Å²) >= 11 is 0. The van der Waals surface area contributed by atoms with E-state index in [9.17, 15) is 4.79 Å². The van der Waals surface area contributed by atoms with Gasteiger partial charge in [-0.1, -0.05) is 30.3 Å². The number of ether oxygens (including phenoxy) is 2. The second-order valence-corrected chi connectivity index (χ2v) is 4.10. The highest BCUT2D eigenvalue weighted by Crippen LogP contribution is 2.13. The summed E-state index contributed by atoms with van der Waals surface area (Å²) in [6, 6.07) is 17.1. The Morgan fingerprint density at radius 3 is 2.32 bits per heavy atom. The van der Waals surface area contributed by atoms with Crippen LogP contribution < -0.4 is 4.74 Å². The molecule has 0 aliphatic rings. The van der Waals surface area contributed by atoms with Crippen LogP contribution in [0.4, 0.5) is 0 Å². The van der Waals surface area contributed by atoms with Crippen molar-refractivity contribution in [3.8, 4) is 5.75 Å². The molecule has 0 heterocycles. The topological polar surface area (TPSA) is 35.5 Å². The lowest BCUT2D eigenvalue weighted by atomic mass is 10.2. The number of rotatable bonds is 5. The highest BCUT2D eigenvalue weighted by atomic mass is 16.5.